The summed E-state index contributed by atoms with van der Waals surface area (Å²) in [4.78, 5) is 43.5. The van der Waals surface area contributed by atoms with E-state index in [4.69, 9.17) is 9.47 Å². The molecule has 1 saturated heterocycles. The van der Waals surface area contributed by atoms with E-state index in [2.05, 4.69) is 40.2 Å². The van der Waals surface area contributed by atoms with E-state index in [1.807, 2.05) is 40.1 Å². The van der Waals surface area contributed by atoms with Crippen LogP contribution in [0.25, 0.3) is 0 Å². The molecule has 0 spiro atoms. The molecular weight excluding hydrogens is 572 g/mol. The molecule has 0 bridgehead atoms. The average Bonchev–Trinajstić information content (AvgIpc) is 3.60. The van der Waals surface area contributed by atoms with Crippen LogP contribution in [0, 0.1) is 5.92 Å². The maximum Gasteiger partial charge on any atom is 0.308 e. The molecule has 0 aliphatic carbocycles. The number of unbranched alkanes of at least 4 members (excludes halogenated alkanes) is 1. The van der Waals surface area contributed by atoms with Crippen LogP contribution < -0.4 is 19.9 Å². The van der Waals surface area contributed by atoms with Crippen molar-refractivity contribution in [3.63, 3.8) is 0 Å². The molecule has 45 heavy (non-hydrogen) atoms. The van der Waals surface area contributed by atoms with E-state index in [0.29, 0.717) is 37.6 Å². The van der Waals surface area contributed by atoms with E-state index < -0.39 is 17.9 Å². The van der Waals surface area contributed by atoms with Crippen LogP contribution in [0.3, 0.4) is 0 Å². The molecule has 1 aromatic heterocycles. The van der Waals surface area contributed by atoms with E-state index in [1.165, 1.54) is 6.07 Å². The van der Waals surface area contributed by atoms with Crippen LogP contribution in [0.15, 0.2) is 71.7 Å². The van der Waals surface area contributed by atoms with Gasteiger partial charge in [0, 0.05) is 55.1 Å². The van der Waals surface area contributed by atoms with Gasteiger partial charge in [-0.1, -0.05) is 37.6 Å². The minimum Gasteiger partial charge on any atom is -0.481 e. The smallest absolute Gasteiger partial charge is 0.308 e. The Labute approximate surface area is 265 Å². The molecule has 3 aromatic rings. The van der Waals surface area contributed by atoms with Gasteiger partial charge in [-0.2, -0.15) is 0 Å². The number of ether oxygens (including phenoxy) is 2. The molecule has 2 aliphatic rings. The number of carboxylic acids is 1. The molecule has 3 atom stereocenters. The number of rotatable bonds is 13. The second-order valence-electron chi connectivity index (χ2n) is 13.1. The first-order valence-corrected chi connectivity index (χ1v) is 15.8. The highest BCUT2D eigenvalue weighted by atomic mass is 16.7. The zero-order chi connectivity index (χ0) is 32.1. The second-order valence-corrected chi connectivity index (χ2v) is 13.1. The number of hydrogen-bond acceptors (Lipinski definition) is 6. The quantitative estimate of drug-likeness (QED) is 0.287. The molecule has 0 radical (unpaired) electrons. The number of aliphatic carboxylic acids is 1. The number of carbonyl (C=O) groups excluding carboxylic acids is 1. The summed E-state index contributed by atoms with van der Waals surface area (Å²) in [5.74, 6) is -0.918. The van der Waals surface area contributed by atoms with Crippen LogP contribution >= 0.6 is 0 Å². The van der Waals surface area contributed by atoms with Crippen LogP contribution in [0.4, 0.5) is 5.69 Å². The Morgan fingerprint density at radius 3 is 2.56 bits per heavy atom. The average molecular weight is 618 g/mol. The largest absolute Gasteiger partial charge is 0.481 e. The molecule has 1 N–H and O–H groups in total. The molecule has 240 valence electrons. The van der Waals surface area contributed by atoms with Crippen molar-refractivity contribution < 1.29 is 28.7 Å². The van der Waals surface area contributed by atoms with Crippen LogP contribution in [0.2, 0.25) is 0 Å². The molecule has 5 rings (SSSR count). The number of amides is 1. The first-order valence-electron chi connectivity index (χ1n) is 15.8. The predicted octanol–water partition coefficient (Wildman–Crippen LogP) is 4.18. The Hall–Kier alpha value is -4.15. The molecule has 10 heteroatoms. The number of aryl methyl sites for hydroxylation is 1. The fraction of sp³-hybridized carbons (Fsp3) is 0.457. The summed E-state index contributed by atoms with van der Waals surface area (Å²) < 4.78 is 13.5. The lowest BCUT2D eigenvalue weighted by molar-refractivity contribution is -0.884. The van der Waals surface area contributed by atoms with E-state index in [9.17, 15) is 19.5 Å². The van der Waals surface area contributed by atoms with Gasteiger partial charge in [0.25, 0.3) is 0 Å². The number of hydrogen-bond donors (Lipinski definition) is 1. The summed E-state index contributed by atoms with van der Waals surface area (Å²) in [6, 6.07) is 18.2. The van der Waals surface area contributed by atoms with Crippen molar-refractivity contribution in [3.05, 3.63) is 88.3 Å². The van der Waals surface area contributed by atoms with Crippen LogP contribution in [-0.4, -0.2) is 84.5 Å². The van der Waals surface area contributed by atoms with Gasteiger partial charge in [0.1, 0.15) is 6.54 Å². The number of benzene rings is 2. The Kier molecular flexibility index (Phi) is 9.94. The SMILES string of the molecule is CCCCN(C(=O)CN1C[C@H](c2ccc3c(c2)OCO3)[C@@H](C(=O)O)[C@@H]1CCn1ccccc1=O)c1cccc(C[N+](C)(C)C)c1. The van der Waals surface area contributed by atoms with Crippen LogP contribution in [0.5, 0.6) is 11.5 Å². The van der Waals surface area contributed by atoms with Crippen molar-refractivity contribution in [2.75, 3.05) is 52.5 Å². The number of nitrogens with zero attached hydrogens (tertiary/aromatic N) is 4. The number of likely N-dealkylation sites (tertiary alicyclic amines) is 1. The number of carboxylic acid groups (broad SMARTS) is 1. The van der Waals surface area contributed by atoms with Gasteiger partial charge in [-0.3, -0.25) is 19.3 Å². The zero-order valence-corrected chi connectivity index (χ0v) is 26.7. The maximum atomic E-state index is 14.2. The standard InChI is InChI=1S/C35H44N4O6/c1-5-6-17-38(27-11-9-10-25(19-27)23-39(2,3)4)33(41)22-37-21-28(26-13-14-30-31(20-26)45-24-44-30)34(35(42)43)29(37)15-18-36-16-8-7-12-32(36)40/h7-14,16,19-20,28-29,34H,5-6,15,17-18,21-24H2,1-4H3/p+1/t28-,29+,34-/m1/s1. The topological polar surface area (TPSA) is 101 Å². The Morgan fingerprint density at radius 1 is 1.02 bits per heavy atom. The van der Waals surface area contributed by atoms with E-state index in [1.54, 1.807) is 22.9 Å². The summed E-state index contributed by atoms with van der Waals surface area (Å²) in [6.07, 6.45) is 3.91. The van der Waals surface area contributed by atoms with Gasteiger partial charge < -0.3 is 28.5 Å². The molecule has 0 unspecified atom stereocenters. The predicted molar refractivity (Wildman–Crippen MR) is 173 cm³/mol. The van der Waals surface area contributed by atoms with E-state index in [-0.39, 0.29) is 30.7 Å². The van der Waals surface area contributed by atoms with Gasteiger partial charge >= 0.3 is 5.97 Å². The first-order chi connectivity index (χ1) is 21.5. The lowest BCUT2D eigenvalue weighted by Crippen LogP contribution is -2.45. The third kappa shape index (κ3) is 7.75. The number of quaternary nitrogens is 1. The first kappa shape index (κ1) is 32.2. The van der Waals surface area contributed by atoms with Gasteiger partial charge in [0.15, 0.2) is 11.5 Å². The van der Waals surface area contributed by atoms with Crippen molar-refractivity contribution >= 4 is 17.6 Å². The van der Waals surface area contributed by atoms with Crippen molar-refractivity contribution in [2.45, 2.75) is 51.2 Å². The van der Waals surface area contributed by atoms with Crippen molar-refractivity contribution in [2.24, 2.45) is 5.92 Å². The second kappa shape index (κ2) is 13.9. The highest BCUT2D eigenvalue weighted by molar-refractivity contribution is 5.95. The summed E-state index contributed by atoms with van der Waals surface area (Å²) >= 11 is 0. The van der Waals surface area contributed by atoms with Crippen molar-refractivity contribution in [3.8, 4) is 11.5 Å². The monoisotopic (exact) mass is 617 g/mol. The summed E-state index contributed by atoms with van der Waals surface area (Å²) in [6.45, 7) is 4.45. The minimum atomic E-state index is -0.922. The Bertz CT molecular complexity index is 1560. The third-order valence-electron chi connectivity index (χ3n) is 8.68. The summed E-state index contributed by atoms with van der Waals surface area (Å²) in [5, 5.41) is 10.6. The van der Waals surface area contributed by atoms with Crippen LogP contribution in [0.1, 0.15) is 43.2 Å². The van der Waals surface area contributed by atoms with Crippen molar-refractivity contribution in [1.29, 1.82) is 0 Å². The maximum absolute atomic E-state index is 14.2. The van der Waals surface area contributed by atoms with Crippen LogP contribution in [-0.2, 0) is 22.7 Å². The number of aromatic nitrogens is 1. The normalized spacial score (nSPS) is 19.5. The molecular formula is C35H45N4O6+. The number of anilines is 1. The molecule has 3 heterocycles. The van der Waals surface area contributed by atoms with Gasteiger partial charge in [-0.15, -0.1) is 0 Å². The number of carbonyl (C=O) groups is 2. The molecule has 2 aliphatic heterocycles. The minimum absolute atomic E-state index is 0.0665. The number of fused-ring (bicyclic) bond motifs is 1. The van der Waals surface area contributed by atoms with Gasteiger partial charge in [-0.05, 0) is 48.7 Å². The fourth-order valence-electron chi connectivity index (χ4n) is 6.59. The molecule has 1 fully saturated rings. The molecule has 0 saturated carbocycles. The lowest BCUT2D eigenvalue weighted by atomic mass is 9.84. The zero-order valence-electron chi connectivity index (χ0n) is 26.7. The highest BCUT2D eigenvalue weighted by Crippen LogP contribution is 2.43. The molecule has 1 amide bonds. The highest BCUT2D eigenvalue weighted by Gasteiger charge is 2.47. The lowest BCUT2D eigenvalue weighted by Gasteiger charge is -2.30. The third-order valence-corrected chi connectivity index (χ3v) is 8.68. The van der Waals surface area contributed by atoms with E-state index >= 15 is 0 Å². The number of pyridine rings is 1. The summed E-state index contributed by atoms with van der Waals surface area (Å²) in [7, 11) is 6.41. The van der Waals surface area contributed by atoms with Crippen molar-refractivity contribution in [1.82, 2.24) is 9.47 Å². The molecule has 10 nitrogen and oxygen atoms in total. The Balaban J connectivity index is 1.45. The molecule has 2 aromatic carbocycles. The van der Waals surface area contributed by atoms with Gasteiger partial charge in [0.2, 0.25) is 18.3 Å². The fourth-order valence-corrected chi connectivity index (χ4v) is 6.59. The van der Waals surface area contributed by atoms with Gasteiger partial charge in [-0.25, -0.2) is 0 Å². The van der Waals surface area contributed by atoms with E-state index in [0.717, 1.165) is 40.7 Å². The van der Waals surface area contributed by atoms with Gasteiger partial charge in [0.05, 0.1) is 33.6 Å². The summed E-state index contributed by atoms with van der Waals surface area (Å²) in [5.41, 5.74) is 2.69. The Morgan fingerprint density at radius 2 is 1.82 bits per heavy atom.